The first-order chi connectivity index (χ1) is 10.7. The highest BCUT2D eigenvalue weighted by Gasteiger charge is 2.23. The van der Waals surface area contributed by atoms with Crippen LogP contribution >= 0.6 is 11.8 Å². The fourth-order valence-corrected chi connectivity index (χ4v) is 3.46. The summed E-state index contributed by atoms with van der Waals surface area (Å²) < 4.78 is 15.9. The highest BCUT2D eigenvalue weighted by atomic mass is 32.2. The minimum absolute atomic E-state index is 0.237. The number of pyridine rings is 1. The molecule has 0 unspecified atom stereocenters. The summed E-state index contributed by atoms with van der Waals surface area (Å²) in [5.41, 5.74) is 0.664. The number of hydrogen-bond donors (Lipinski definition) is 0. The Kier molecular flexibility index (Phi) is 4.61. The molecule has 0 N–H and O–H groups in total. The third-order valence-electron chi connectivity index (χ3n) is 4.29. The summed E-state index contributed by atoms with van der Waals surface area (Å²) >= 11 is 1.61. The van der Waals surface area contributed by atoms with E-state index in [1.165, 1.54) is 6.20 Å². The molecule has 0 saturated carbocycles. The highest BCUT2D eigenvalue weighted by molar-refractivity contribution is 7.98. The zero-order valence-corrected chi connectivity index (χ0v) is 13.7. The van der Waals surface area contributed by atoms with Crippen molar-refractivity contribution in [3.8, 4) is 0 Å². The Bertz CT molecular complexity index is 637. The van der Waals surface area contributed by atoms with Gasteiger partial charge in [0.1, 0.15) is 5.82 Å². The molecule has 2 aromatic rings. The van der Waals surface area contributed by atoms with E-state index in [9.17, 15) is 4.39 Å². The minimum atomic E-state index is -0.237. The van der Waals surface area contributed by atoms with Crippen molar-refractivity contribution in [1.29, 1.82) is 0 Å². The topological polar surface area (TPSA) is 46.8 Å². The van der Waals surface area contributed by atoms with Crippen LogP contribution in [0.5, 0.6) is 0 Å². The molecule has 3 rings (SSSR count). The molecule has 1 aliphatic heterocycles. The van der Waals surface area contributed by atoms with Crippen molar-refractivity contribution >= 4 is 17.4 Å². The van der Waals surface area contributed by atoms with Crippen LogP contribution in [0, 0.1) is 11.7 Å². The number of halogens is 1. The van der Waals surface area contributed by atoms with Gasteiger partial charge in [-0.3, -0.25) is 4.98 Å². The first kappa shape index (κ1) is 15.3. The molecule has 1 aliphatic rings. The molecule has 0 atom stereocenters. The summed E-state index contributed by atoms with van der Waals surface area (Å²) in [5, 5.41) is 9.42. The lowest BCUT2D eigenvalue weighted by Crippen LogP contribution is -2.35. The Labute approximate surface area is 133 Å². The van der Waals surface area contributed by atoms with Crippen LogP contribution in [0.15, 0.2) is 23.6 Å². The van der Waals surface area contributed by atoms with Gasteiger partial charge in [-0.15, -0.1) is 10.2 Å². The van der Waals surface area contributed by atoms with E-state index in [4.69, 9.17) is 0 Å². The van der Waals surface area contributed by atoms with Crippen LogP contribution in [0.1, 0.15) is 18.7 Å². The smallest absolute Gasteiger partial charge is 0.190 e. The maximum absolute atomic E-state index is 13.8. The Hall–Kier alpha value is -1.63. The number of hydrogen-bond acceptors (Lipinski definition) is 5. The summed E-state index contributed by atoms with van der Waals surface area (Å²) in [4.78, 5) is 5.92. The lowest BCUT2D eigenvalue weighted by molar-refractivity contribution is 0.390. The largest absolute Gasteiger partial charge is 0.369 e. The maximum atomic E-state index is 13.8. The van der Waals surface area contributed by atoms with E-state index in [-0.39, 0.29) is 5.82 Å². The van der Waals surface area contributed by atoms with E-state index in [0.717, 1.165) is 43.3 Å². The van der Waals surface area contributed by atoms with Crippen molar-refractivity contribution in [2.24, 2.45) is 13.0 Å². The number of nitrogens with zero attached hydrogens (tertiary/aromatic N) is 5. The molecule has 1 saturated heterocycles. The first-order valence-electron chi connectivity index (χ1n) is 7.45. The fourth-order valence-electron chi connectivity index (χ4n) is 2.96. The van der Waals surface area contributed by atoms with Gasteiger partial charge in [-0.05, 0) is 31.1 Å². The Morgan fingerprint density at radius 2 is 2.09 bits per heavy atom. The van der Waals surface area contributed by atoms with E-state index in [1.54, 1.807) is 24.0 Å². The van der Waals surface area contributed by atoms with Gasteiger partial charge in [0.05, 0.1) is 11.9 Å². The van der Waals surface area contributed by atoms with Crippen molar-refractivity contribution in [1.82, 2.24) is 19.7 Å². The van der Waals surface area contributed by atoms with Crippen LogP contribution in [0.2, 0.25) is 0 Å². The molecule has 0 aromatic carbocycles. The normalized spacial score (nSPS) is 16.2. The highest BCUT2D eigenvalue weighted by Crippen LogP contribution is 2.27. The van der Waals surface area contributed by atoms with Crippen molar-refractivity contribution < 1.29 is 4.39 Å². The van der Waals surface area contributed by atoms with Crippen LogP contribution in [-0.4, -0.2) is 39.1 Å². The Balaban J connectivity index is 1.60. The summed E-state index contributed by atoms with van der Waals surface area (Å²) in [6, 6.07) is 1.75. The van der Waals surface area contributed by atoms with Crippen LogP contribution < -0.4 is 4.90 Å². The Morgan fingerprint density at radius 1 is 1.32 bits per heavy atom. The summed E-state index contributed by atoms with van der Waals surface area (Å²) in [6.45, 7) is 1.75. The molecule has 5 nitrogen and oxygen atoms in total. The van der Waals surface area contributed by atoms with Gasteiger partial charge in [0, 0.05) is 32.8 Å². The molecule has 0 amide bonds. The summed E-state index contributed by atoms with van der Waals surface area (Å²) in [5.74, 6) is 1.38. The predicted molar refractivity (Wildman–Crippen MR) is 85.6 cm³/mol. The zero-order chi connectivity index (χ0) is 15.5. The van der Waals surface area contributed by atoms with E-state index < -0.39 is 0 Å². The van der Waals surface area contributed by atoms with Gasteiger partial charge in [0.25, 0.3) is 0 Å². The average molecular weight is 321 g/mol. The molecule has 2 aromatic heterocycles. The van der Waals surface area contributed by atoms with Gasteiger partial charge < -0.3 is 9.47 Å². The quantitative estimate of drug-likeness (QED) is 0.810. The molecule has 0 spiro atoms. The second-order valence-electron chi connectivity index (χ2n) is 5.62. The molecular formula is C15H20FN5S. The van der Waals surface area contributed by atoms with E-state index in [2.05, 4.69) is 24.6 Å². The first-order valence-corrected chi connectivity index (χ1v) is 8.68. The van der Waals surface area contributed by atoms with Crippen molar-refractivity contribution in [2.75, 3.05) is 24.2 Å². The standard InChI is InChI=1S/C15H20FN5S/c1-20-14(18-19-15(20)22-2)9-11-4-7-21(8-5-11)13-3-6-17-10-12(13)16/h3,6,10-11H,4-5,7-9H2,1-2H3. The molecule has 22 heavy (non-hydrogen) atoms. The number of aromatic nitrogens is 4. The van der Waals surface area contributed by atoms with Crippen LogP contribution in [-0.2, 0) is 13.5 Å². The molecule has 3 heterocycles. The zero-order valence-electron chi connectivity index (χ0n) is 12.9. The second kappa shape index (κ2) is 6.64. The fraction of sp³-hybridized carbons (Fsp3) is 0.533. The number of anilines is 1. The van der Waals surface area contributed by atoms with Crippen molar-refractivity contribution in [3.63, 3.8) is 0 Å². The second-order valence-corrected chi connectivity index (χ2v) is 6.40. The van der Waals surface area contributed by atoms with E-state index in [0.29, 0.717) is 11.6 Å². The Morgan fingerprint density at radius 3 is 2.73 bits per heavy atom. The van der Waals surface area contributed by atoms with Crippen LogP contribution in [0.25, 0.3) is 0 Å². The van der Waals surface area contributed by atoms with E-state index in [1.807, 2.05) is 13.3 Å². The minimum Gasteiger partial charge on any atom is -0.369 e. The number of rotatable bonds is 4. The molecule has 1 fully saturated rings. The summed E-state index contributed by atoms with van der Waals surface area (Å²) in [7, 11) is 2.02. The molecule has 0 radical (unpaired) electrons. The molecule has 0 bridgehead atoms. The van der Waals surface area contributed by atoms with Crippen LogP contribution in [0.4, 0.5) is 10.1 Å². The lowest BCUT2D eigenvalue weighted by atomic mass is 9.93. The number of piperidine rings is 1. The SMILES string of the molecule is CSc1nnc(CC2CCN(c3ccncc3F)CC2)n1C. The van der Waals surface area contributed by atoms with Gasteiger partial charge in [-0.2, -0.15) is 0 Å². The number of thioether (sulfide) groups is 1. The monoisotopic (exact) mass is 321 g/mol. The van der Waals surface area contributed by atoms with Gasteiger partial charge >= 0.3 is 0 Å². The maximum Gasteiger partial charge on any atom is 0.190 e. The van der Waals surface area contributed by atoms with Crippen molar-refractivity contribution in [3.05, 3.63) is 30.1 Å². The van der Waals surface area contributed by atoms with Gasteiger partial charge in [0.15, 0.2) is 11.0 Å². The molecule has 7 heteroatoms. The molecule has 0 aliphatic carbocycles. The molecular weight excluding hydrogens is 301 g/mol. The third-order valence-corrected chi connectivity index (χ3v) is 5.01. The van der Waals surface area contributed by atoms with E-state index >= 15 is 0 Å². The van der Waals surface area contributed by atoms with Gasteiger partial charge in [-0.25, -0.2) is 4.39 Å². The average Bonchev–Trinajstić information content (AvgIpc) is 2.89. The van der Waals surface area contributed by atoms with Gasteiger partial charge in [-0.1, -0.05) is 11.8 Å². The van der Waals surface area contributed by atoms with Gasteiger partial charge in [0.2, 0.25) is 0 Å². The lowest BCUT2D eigenvalue weighted by Gasteiger charge is -2.33. The van der Waals surface area contributed by atoms with Crippen LogP contribution in [0.3, 0.4) is 0 Å². The third kappa shape index (κ3) is 3.09. The van der Waals surface area contributed by atoms with Crippen molar-refractivity contribution in [2.45, 2.75) is 24.4 Å². The predicted octanol–water partition coefficient (Wildman–Crippen LogP) is 2.53. The summed E-state index contributed by atoms with van der Waals surface area (Å²) in [6.07, 6.45) is 7.97. The molecule has 118 valence electrons.